The monoisotopic (exact) mass is 330 g/mol. The van der Waals surface area contributed by atoms with Gasteiger partial charge in [-0.2, -0.15) is 0 Å². The average Bonchev–Trinajstić information content (AvgIpc) is 3.00. The lowest BCUT2D eigenvalue weighted by Crippen LogP contribution is -2.23. The number of thiazole rings is 1. The first-order valence-corrected chi connectivity index (χ1v) is 8.61. The molecule has 0 fully saturated rings. The van der Waals surface area contributed by atoms with Crippen molar-refractivity contribution in [2.75, 3.05) is 24.8 Å². The topological polar surface area (TPSA) is 58.5 Å². The summed E-state index contributed by atoms with van der Waals surface area (Å²) in [7, 11) is 3.53. The number of ether oxygens (including phenoxy) is 1. The second-order valence-corrected chi connectivity index (χ2v) is 6.74. The first-order chi connectivity index (χ1) is 11.1. The van der Waals surface area contributed by atoms with E-state index in [-0.39, 0.29) is 6.04 Å². The van der Waals surface area contributed by atoms with Crippen molar-refractivity contribution in [1.29, 1.82) is 0 Å². The Hall–Kier alpha value is -2.08. The van der Waals surface area contributed by atoms with Crippen LogP contribution in [0.15, 0.2) is 28.6 Å². The third-order valence-corrected chi connectivity index (χ3v) is 4.75. The van der Waals surface area contributed by atoms with Crippen LogP contribution in [0.1, 0.15) is 36.9 Å². The van der Waals surface area contributed by atoms with Crippen molar-refractivity contribution in [3.63, 3.8) is 0 Å². The molecule has 122 valence electrons. The maximum atomic E-state index is 5.34. The van der Waals surface area contributed by atoms with Crippen molar-refractivity contribution in [3.05, 3.63) is 34.2 Å². The molecule has 0 radical (unpaired) electrons. The van der Waals surface area contributed by atoms with Gasteiger partial charge in [-0.1, -0.05) is 0 Å². The Morgan fingerprint density at radius 2 is 2.26 bits per heavy atom. The van der Waals surface area contributed by atoms with Crippen LogP contribution in [0.25, 0.3) is 0 Å². The molecule has 1 aromatic heterocycles. The van der Waals surface area contributed by atoms with Gasteiger partial charge < -0.3 is 15.4 Å². The predicted molar refractivity (Wildman–Crippen MR) is 97.3 cm³/mol. The zero-order valence-corrected chi connectivity index (χ0v) is 14.7. The molecule has 1 atom stereocenters. The molecule has 0 amide bonds. The number of methoxy groups -OCH3 is 1. The predicted octanol–water partition coefficient (Wildman–Crippen LogP) is 3.95. The Kier molecular flexibility index (Phi) is 4.52. The van der Waals surface area contributed by atoms with Crippen molar-refractivity contribution in [1.82, 2.24) is 4.98 Å². The van der Waals surface area contributed by atoms with Crippen LogP contribution in [-0.4, -0.2) is 30.9 Å². The summed E-state index contributed by atoms with van der Waals surface area (Å²) in [5.74, 6) is 1.78. The summed E-state index contributed by atoms with van der Waals surface area (Å²) < 4.78 is 5.34. The molecular weight excluding hydrogens is 308 g/mol. The van der Waals surface area contributed by atoms with Gasteiger partial charge in [0.2, 0.25) is 0 Å². The Balaban J connectivity index is 1.89. The van der Waals surface area contributed by atoms with Crippen LogP contribution in [0.2, 0.25) is 0 Å². The van der Waals surface area contributed by atoms with Gasteiger partial charge in [-0.05, 0) is 26.0 Å². The molecule has 3 rings (SSSR count). The minimum absolute atomic E-state index is 0.140. The van der Waals surface area contributed by atoms with Gasteiger partial charge in [-0.25, -0.2) is 4.98 Å². The van der Waals surface area contributed by atoms with Crippen LogP contribution in [0.5, 0.6) is 5.75 Å². The van der Waals surface area contributed by atoms with Crippen LogP contribution in [0, 0.1) is 0 Å². The van der Waals surface area contributed by atoms with Crippen molar-refractivity contribution < 1.29 is 4.74 Å². The van der Waals surface area contributed by atoms with E-state index in [0.29, 0.717) is 6.04 Å². The molecule has 0 saturated heterocycles. The number of aromatic nitrogens is 1. The molecule has 2 N–H and O–H groups in total. The number of nitrogens with one attached hydrogen (secondary N) is 2. The van der Waals surface area contributed by atoms with E-state index < -0.39 is 0 Å². The SMILES string of the molecule is CN=C1CC(c2nc(NC(C)C)cs2)Nc2cc(OC)ccc21. The highest BCUT2D eigenvalue weighted by molar-refractivity contribution is 7.10. The van der Waals surface area contributed by atoms with E-state index in [1.807, 2.05) is 19.2 Å². The first kappa shape index (κ1) is 15.8. The zero-order chi connectivity index (χ0) is 16.4. The van der Waals surface area contributed by atoms with E-state index in [1.54, 1.807) is 18.4 Å². The van der Waals surface area contributed by atoms with Gasteiger partial charge in [0.15, 0.2) is 0 Å². The fraction of sp³-hybridized carbons (Fsp3) is 0.412. The van der Waals surface area contributed by atoms with E-state index in [9.17, 15) is 0 Å². The third kappa shape index (κ3) is 3.32. The number of nitrogens with zero attached hydrogens (tertiary/aromatic N) is 2. The number of rotatable bonds is 4. The maximum absolute atomic E-state index is 5.34. The summed E-state index contributed by atoms with van der Waals surface area (Å²) in [6.45, 7) is 4.23. The maximum Gasteiger partial charge on any atom is 0.137 e. The number of anilines is 2. The average molecular weight is 330 g/mol. The van der Waals surface area contributed by atoms with E-state index in [0.717, 1.165) is 40.0 Å². The molecule has 1 aliphatic heterocycles. The largest absolute Gasteiger partial charge is 0.497 e. The van der Waals surface area contributed by atoms with Gasteiger partial charge in [0.1, 0.15) is 16.6 Å². The minimum Gasteiger partial charge on any atom is -0.497 e. The molecule has 0 saturated carbocycles. The molecule has 5 nitrogen and oxygen atoms in total. The van der Waals surface area contributed by atoms with Crippen LogP contribution in [0.4, 0.5) is 11.5 Å². The van der Waals surface area contributed by atoms with Crippen molar-refractivity contribution in [2.45, 2.75) is 32.4 Å². The molecule has 0 aliphatic carbocycles. The number of aliphatic imine (C=N–C) groups is 1. The molecule has 2 heterocycles. The zero-order valence-electron chi connectivity index (χ0n) is 13.9. The summed E-state index contributed by atoms with van der Waals surface area (Å²) in [4.78, 5) is 9.19. The molecule has 0 spiro atoms. The van der Waals surface area contributed by atoms with Gasteiger partial charge in [0, 0.05) is 47.9 Å². The Morgan fingerprint density at radius 1 is 1.43 bits per heavy atom. The molecule has 6 heteroatoms. The lowest BCUT2D eigenvalue weighted by molar-refractivity contribution is 0.415. The molecule has 1 unspecified atom stereocenters. The highest BCUT2D eigenvalue weighted by Crippen LogP contribution is 2.36. The van der Waals surface area contributed by atoms with E-state index in [4.69, 9.17) is 9.72 Å². The molecule has 23 heavy (non-hydrogen) atoms. The fourth-order valence-electron chi connectivity index (χ4n) is 2.73. The second kappa shape index (κ2) is 6.58. The Morgan fingerprint density at radius 3 is 2.96 bits per heavy atom. The Bertz CT molecular complexity index is 723. The second-order valence-electron chi connectivity index (χ2n) is 5.85. The van der Waals surface area contributed by atoms with Crippen molar-refractivity contribution in [2.24, 2.45) is 4.99 Å². The normalized spacial score (nSPS) is 18.7. The standard InChI is InChI=1S/C17H22N4OS/c1-10(2)19-16-9-23-17(21-16)15-8-13(18-3)12-6-5-11(22-4)7-14(12)20-15/h5-7,9-10,15,19-20H,8H2,1-4H3. The highest BCUT2D eigenvalue weighted by atomic mass is 32.1. The molecule has 0 bridgehead atoms. The summed E-state index contributed by atoms with van der Waals surface area (Å²) in [6, 6.07) is 6.57. The smallest absolute Gasteiger partial charge is 0.137 e. The van der Waals surface area contributed by atoms with Gasteiger partial charge in [0.25, 0.3) is 0 Å². The lowest BCUT2D eigenvalue weighted by Gasteiger charge is -2.27. The summed E-state index contributed by atoms with van der Waals surface area (Å²) in [6.07, 6.45) is 0.838. The first-order valence-electron chi connectivity index (χ1n) is 7.73. The van der Waals surface area contributed by atoms with Crippen LogP contribution >= 0.6 is 11.3 Å². The van der Waals surface area contributed by atoms with Gasteiger partial charge in [-0.3, -0.25) is 4.99 Å². The summed E-state index contributed by atoms with van der Waals surface area (Å²) in [5.41, 5.74) is 3.29. The van der Waals surface area contributed by atoms with E-state index in [2.05, 4.69) is 40.9 Å². The molecular formula is C17H22N4OS. The fourth-order valence-corrected chi connectivity index (χ4v) is 3.54. The number of hydrogen-bond donors (Lipinski definition) is 2. The summed E-state index contributed by atoms with van der Waals surface area (Å²) in [5, 5.41) is 10.1. The number of benzene rings is 1. The number of fused-ring (bicyclic) bond motifs is 1. The van der Waals surface area contributed by atoms with Crippen LogP contribution in [0.3, 0.4) is 0 Å². The van der Waals surface area contributed by atoms with E-state index >= 15 is 0 Å². The molecule has 2 aromatic rings. The van der Waals surface area contributed by atoms with Gasteiger partial charge >= 0.3 is 0 Å². The molecule has 1 aromatic carbocycles. The van der Waals surface area contributed by atoms with Crippen LogP contribution < -0.4 is 15.4 Å². The summed E-state index contributed by atoms with van der Waals surface area (Å²) >= 11 is 1.67. The van der Waals surface area contributed by atoms with E-state index in [1.165, 1.54) is 0 Å². The number of hydrogen-bond acceptors (Lipinski definition) is 6. The Labute approximate surface area is 140 Å². The quantitative estimate of drug-likeness (QED) is 0.891. The van der Waals surface area contributed by atoms with Crippen molar-refractivity contribution >= 4 is 28.6 Å². The van der Waals surface area contributed by atoms with Crippen molar-refractivity contribution in [3.8, 4) is 5.75 Å². The highest BCUT2D eigenvalue weighted by Gasteiger charge is 2.26. The molecule has 1 aliphatic rings. The lowest BCUT2D eigenvalue weighted by atomic mass is 9.96. The minimum atomic E-state index is 0.140. The van der Waals surface area contributed by atoms with Gasteiger partial charge in [0.05, 0.1) is 13.2 Å². The van der Waals surface area contributed by atoms with Crippen LogP contribution in [-0.2, 0) is 0 Å². The third-order valence-electron chi connectivity index (χ3n) is 3.79. The van der Waals surface area contributed by atoms with Gasteiger partial charge in [-0.15, -0.1) is 11.3 Å².